The number of likely N-dealkylation sites (N-methyl/N-ethyl adjacent to an activating group) is 2. The number of thiazole rings is 1. The van der Waals surface area contributed by atoms with Crippen LogP contribution >= 0.6 is 22.9 Å². The van der Waals surface area contributed by atoms with E-state index in [0.29, 0.717) is 12.2 Å². The molecule has 2 heterocycles. The van der Waals surface area contributed by atoms with Crippen molar-refractivity contribution in [2.24, 2.45) is 0 Å². The highest BCUT2D eigenvalue weighted by Gasteiger charge is 2.44. The molecule has 2 aromatic rings. The van der Waals surface area contributed by atoms with Gasteiger partial charge >= 0.3 is 0 Å². The van der Waals surface area contributed by atoms with Gasteiger partial charge in [0, 0.05) is 30.2 Å². The maximum atomic E-state index is 14.9. The van der Waals surface area contributed by atoms with Gasteiger partial charge in [-0.25, -0.2) is 17.8 Å². The van der Waals surface area contributed by atoms with Crippen molar-refractivity contribution in [3.8, 4) is 0 Å². The molecule has 1 saturated carbocycles. The molecule has 2 aliphatic rings. The number of aromatic nitrogens is 1. The lowest BCUT2D eigenvalue weighted by Gasteiger charge is -2.52. The van der Waals surface area contributed by atoms with Gasteiger partial charge in [0.05, 0.1) is 16.8 Å². The number of nitrogens with one attached hydrogen (secondary N) is 2. The van der Waals surface area contributed by atoms with Crippen LogP contribution in [0.15, 0.2) is 28.6 Å². The molecule has 1 aliphatic heterocycles. The van der Waals surface area contributed by atoms with E-state index in [1.54, 1.807) is 5.38 Å². The molecule has 2 fully saturated rings. The number of carbonyl (C=O) groups excluding carboxylic acids is 1. The summed E-state index contributed by atoms with van der Waals surface area (Å²) in [6, 6.07) is 2.37. The van der Waals surface area contributed by atoms with Crippen LogP contribution in [0.25, 0.3) is 0 Å². The number of sulfonamides is 1. The van der Waals surface area contributed by atoms with Gasteiger partial charge in [0.2, 0.25) is 0 Å². The number of benzene rings is 1. The number of nitrogens with zero attached hydrogens (tertiary/aromatic N) is 3. The molecular weight excluding hydrogens is 505 g/mol. The molecule has 34 heavy (non-hydrogen) atoms. The zero-order valence-corrected chi connectivity index (χ0v) is 21.2. The van der Waals surface area contributed by atoms with Gasteiger partial charge in [-0.1, -0.05) is 24.4 Å². The molecule has 1 saturated heterocycles. The Morgan fingerprint density at radius 3 is 2.76 bits per heavy atom. The third-order valence-corrected chi connectivity index (χ3v) is 9.00. The zero-order valence-electron chi connectivity index (χ0n) is 18.8. The Balaban J connectivity index is 1.51. The highest BCUT2D eigenvalue weighted by Crippen LogP contribution is 2.34. The average Bonchev–Trinajstić information content (AvgIpc) is 3.30. The predicted molar refractivity (Wildman–Crippen MR) is 129 cm³/mol. The molecule has 0 bridgehead atoms. The molecule has 4 atom stereocenters. The Kier molecular flexibility index (Phi) is 7.63. The lowest BCUT2D eigenvalue weighted by atomic mass is 9.87. The van der Waals surface area contributed by atoms with E-state index < -0.39 is 20.7 Å². The Morgan fingerprint density at radius 2 is 2.09 bits per heavy atom. The molecule has 186 valence electrons. The number of ether oxygens (including phenoxy) is 1. The second kappa shape index (κ2) is 10.3. The number of rotatable bonds is 9. The van der Waals surface area contributed by atoms with Crippen molar-refractivity contribution in [3.05, 3.63) is 34.5 Å². The third-order valence-electron chi connectivity index (χ3n) is 6.52. The molecule has 1 aromatic carbocycles. The number of hydrogen-bond donors (Lipinski definition) is 2. The normalized spacial score (nSPS) is 25.6. The van der Waals surface area contributed by atoms with Crippen LogP contribution in [-0.2, 0) is 19.6 Å². The van der Waals surface area contributed by atoms with Crippen LogP contribution in [0.4, 0.5) is 15.2 Å². The fourth-order valence-corrected chi connectivity index (χ4v) is 6.89. The minimum Gasteiger partial charge on any atom is -0.447 e. The number of carbonyl (C=O) groups is 1. The number of anilines is 2. The smallest absolute Gasteiger partial charge is 0.294 e. The largest absolute Gasteiger partial charge is 0.447 e. The summed E-state index contributed by atoms with van der Waals surface area (Å²) in [7, 11) is -0.274. The molecule has 9 nitrogen and oxygen atoms in total. The standard InChI is InChI=1S/C21H27ClFN5O4S2/c1-27-11-18(20(27)32-12-29)28(2)17-6-4-3-5-15(17)25-16-10-14(23)19(9-13(16)22)34(30,31)26-21-24-7-8-33-21/h7-10,12,15,17-18,20,25H,3-6,11H2,1-2H3,(H,24,26)/t15-,17-,18?,20?/m0/s1. The molecule has 1 aromatic heterocycles. The molecule has 2 N–H and O–H groups in total. The first kappa shape index (κ1) is 25.1. The van der Waals surface area contributed by atoms with E-state index in [2.05, 4.69) is 19.9 Å². The van der Waals surface area contributed by atoms with E-state index in [9.17, 15) is 17.6 Å². The van der Waals surface area contributed by atoms with E-state index in [0.717, 1.165) is 55.7 Å². The molecule has 4 rings (SSSR count). The fraction of sp³-hybridized carbons (Fsp3) is 0.524. The van der Waals surface area contributed by atoms with Gasteiger partial charge in [-0.2, -0.15) is 0 Å². The number of likely N-dealkylation sites (tertiary alicyclic amines) is 1. The average molecular weight is 532 g/mol. The summed E-state index contributed by atoms with van der Waals surface area (Å²) in [5.74, 6) is -0.906. The van der Waals surface area contributed by atoms with Crippen LogP contribution in [0.5, 0.6) is 0 Å². The Morgan fingerprint density at radius 1 is 1.32 bits per heavy atom. The van der Waals surface area contributed by atoms with Crippen LogP contribution < -0.4 is 10.0 Å². The summed E-state index contributed by atoms with van der Waals surface area (Å²) in [5, 5.41) is 5.21. The highest BCUT2D eigenvalue weighted by molar-refractivity contribution is 7.93. The van der Waals surface area contributed by atoms with Gasteiger partial charge in [0.1, 0.15) is 10.7 Å². The van der Waals surface area contributed by atoms with Crippen molar-refractivity contribution in [2.75, 3.05) is 30.7 Å². The van der Waals surface area contributed by atoms with Crippen LogP contribution in [0.3, 0.4) is 0 Å². The second-order valence-electron chi connectivity index (χ2n) is 8.60. The molecule has 2 unspecified atom stereocenters. The van der Waals surface area contributed by atoms with E-state index in [4.69, 9.17) is 16.3 Å². The minimum absolute atomic E-state index is 0.0330. The van der Waals surface area contributed by atoms with Crippen molar-refractivity contribution in [2.45, 2.75) is 54.9 Å². The molecular formula is C21H27ClFN5O4S2. The van der Waals surface area contributed by atoms with Crippen LogP contribution in [0, 0.1) is 5.82 Å². The molecule has 0 spiro atoms. The maximum Gasteiger partial charge on any atom is 0.294 e. The van der Waals surface area contributed by atoms with Gasteiger partial charge < -0.3 is 10.1 Å². The number of halogens is 2. The molecule has 13 heteroatoms. The summed E-state index contributed by atoms with van der Waals surface area (Å²) in [4.78, 5) is 18.4. The summed E-state index contributed by atoms with van der Waals surface area (Å²) < 4.78 is 47.7. The molecule has 1 aliphatic carbocycles. The number of hydrogen-bond acceptors (Lipinski definition) is 9. The zero-order chi connectivity index (χ0) is 24.5. The van der Waals surface area contributed by atoms with Crippen LogP contribution in [-0.4, -0.2) is 74.7 Å². The van der Waals surface area contributed by atoms with Crippen LogP contribution in [0.1, 0.15) is 25.7 Å². The fourth-order valence-electron chi connectivity index (χ4n) is 4.73. The van der Waals surface area contributed by atoms with E-state index >= 15 is 0 Å². The lowest BCUT2D eigenvalue weighted by Crippen LogP contribution is -2.68. The van der Waals surface area contributed by atoms with E-state index in [1.807, 2.05) is 19.0 Å². The van der Waals surface area contributed by atoms with Crippen molar-refractivity contribution < 1.29 is 22.3 Å². The van der Waals surface area contributed by atoms with Crippen molar-refractivity contribution >= 4 is 50.3 Å². The SMILES string of the molecule is CN1CC(N(C)[C@H]2CCCC[C@@H]2Nc2cc(F)c(S(=O)(=O)Nc3nccs3)cc2Cl)C1OC=O. The van der Waals surface area contributed by atoms with Gasteiger partial charge in [-0.15, -0.1) is 11.3 Å². The summed E-state index contributed by atoms with van der Waals surface area (Å²) in [6.45, 7) is 1.24. The first-order chi connectivity index (χ1) is 16.2. The second-order valence-corrected chi connectivity index (χ2v) is 11.6. The van der Waals surface area contributed by atoms with Gasteiger partial charge in [0.15, 0.2) is 11.4 Å². The van der Waals surface area contributed by atoms with Crippen molar-refractivity contribution in [3.63, 3.8) is 0 Å². The lowest BCUT2D eigenvalue weighted by molar-refractivity contribution is -0.177. The van der Waals surface area contributed by atoms with Gasteiger partial charge in [0.25, 0.3) is 16.5 Å². The van der Waals surface area contributed by atoms with Crippen LogP contribution in [0.2, 0.25) is 5.02 Å². The Bertz CT molecular complexity index is 1120. The summed E-state index contributed by atoms with van der Waals surface area (Å²) >= 11 is 7.50. The Hall–Kier alpha value is -1.99. The maximum absolute atomic E-state index is 14.9. The van der Waals surface area contributed by atoms with E-state index in [-0.39, 0.29) is 34.5 Å². The van der Waals surface area contributed by atoms with Gasteiger partial charge in [-0.05, 0) is 39.1 Å². The Labute approximate surface area is 207 Å². The highest BCUT2D eigenvalue weighted by atomic mass is 35.5. The van der Waals surface area contributed by atoms with E-state index in [1.165, 1.54) is 6.20 Å². The third kappa shape index (κ3) is 5.15. The monoisotopic (exact) mass is 531 g/mol. The topological polar surface area (TPSA) is 104 Å². The van der Waals surface area contributed by atoms with Crippen molar-refractivity contribution in [1.82, 2.24) is 14.8 Å². The van der Waals surface area contributed by atoms with Crippen molar-refractivity contribution in [1.29, 1.82) is 0 Å². The van der Waals surface area contributed by atoms with Gasteiger partial charge in [-0.3, -0.25) is 19.3 Å². The molecule has 0 amide bonds. The minimum atomic E-state index is -4.18. The molecule has 0 radical (unpaired) electrons. The predicted octanol–water partition coefficient (Wildman–Crippen LogP) is 3.20. The first-order valence-electron chi connectivity index (χ1n) is 10.9. The quantitative estimate of drug-likeness (QED) is 0.475. The summed E-state index contributed by atoms with van der Waals surface area (Å²) in [6.07, 6.45) is 4.97. The first-order valence-corrected chi connectivity index (χ1v) is 13.6. The summed E-state index contributed by atoms with van der Waals surface area (Å²) in [5.41, 5.74) is 0.337.